The SMILES string of the molecule is CCCNC(C)C(C)(C(C)C)C1CCCCC1. The molecule has 0 heterocycles. The van der Waals surface area contributed by atoms with Gasteiger partial charge in [-0.05, 0) is 50.0 Å². The van der Waals surface area contributed by atoms with E-state index in [1.165, 1.54) is 38.5 Å². The first-order chi connectivity index (χ1) is 8.03. The zero-order valence-electron chi connectivity index (χ0n) is 12.7. The van der Waals surface area contributed by atoms with Crippen LogP contribution < -0.4 is 5.32 Å². The van der Waals surface area contributed by atoms with E-state index in [9.17, 15) is 0 Å². The average molecular weight is 239 g/mol. The number of nitrogens with one attached hydrogen (secondary N) is 1. The highest BCUT2D eigenvalue weighted by Crippen LogP contribution is 2.45. The van der Waals surface area contributed by atoms with Gasteiger partial charge in [-0.2, -0.15) is 0 Å². The van der Waals surface area contributed by atoms with Gasteiger partial charge >= 0.3 is 0 Å². The highest BCUT2D eigenvalue weighted by molar-refractivity contribution is 4.94. The molecule has 1 heteroatoms. The molecule has 17 heavy (non-hydrogen) atoms. The molecule has 1 saturated carbocycles. The van der Waals surface area contributed by atoms with Gasteiger partial charge in [-0.15, -0.1) is 0 Å². The molecule has 1 aliphatic rings. The normalized spacial score (nSPS) is 23.6. The lowest BCUT2D eigenvalue weighted by molar-refractivity contribution is 0.0425. The second-order valence-electron chi connectivity index (χ2n) is 6.53. The molecule has 1 fully saturated rings. The predicted octanol–water partition coefficient (Wildman–Crippen LogP) is 4.62. The van der Waals surface area contributed by atoms with Gasteiger partial charge in [0.2, 0.25) is 0 Å². The lowest BCUT2D eigenvalue weighted by Crippen LogP contribution is -2.50. The topological polar surface area (TPSA) is 12.0 Å². The largest absolute Gasteiger partial charge is 0.314 e. The van der Waals surface area contributed by atoms with Crippen molar-refractivity contribution in [1.29, 1.82) is 0 Å². The Morgan fingerprint density at radius 3 is 2.18 bits per heavy atom. The van der Waals surface area contributed by atoms with E-state index in [0.29, 0.717) is 11.5 Å². The minimum Gasteiger partial charge on any atom is -0.314 e. The Labute approximate surface area is 109 Å². The van der Waals surface area contributed by atoms with Gasteiger partial charge in [-0.1, -0.05) is 47.0 Å². The van der Waals surface area contributed by atoms with Gasteiger partial charge in [0.25, 0.3) is 0 Å². The minimum atomic E-state index is 0.468. The van der Waals surface area contributed by atoms with Crippen molar-refractivity contribution in [1.82, 2.24) is 5.32 Å². The Bertz CT molecular complexity index is 206. The first kappa shape index (κ1) is 15.0. The van der Waals surface area contributed by atoms with Gasteiger partial charge in [0.15, 0.2) is 0 Å². The van der Waals surface area contributed by atoms with Gasteiger partial charge < -0.3 is 5.32 Å². The van der Waals surface area contributed by atoms with Gasteiger partial charge in [0, 0.05) is 6.04 Å². The van der Waals surface area contributed by atoms with Crippen LogP contribution in [0.5, 0.6) is 0 Å². The Hall–Kier alpha value is -0.0400. The van der Waals surface area contributed by atoms with E-state index in [0.717, 1.165) is 18.4 Å². The third-order valence-electron chi connectivity index (χ3n) is 5.36. The molecule has 1 nitrogen and oxygen atoms in total. The molecule has 0 aromatic heterocycles. The molecule has 0 aliphatic heterocycles. The quantitative estimate of drug-likeness (QED) is 0.713. The molecule has 0 radical (unpaired) electrons. The van der Waals surface area contributed by atoms with Crippen LogP contribution >= 0.6 is 0 Å². The van der Waals surface area contributed by atoms with Crippen LogP contribution in [0.4, 0.5) is 0 Å². The molecule has 0 aromatic carbocycles. The minimum absolute atomic E-state index is 0.468. The number of hydrogen-bond donors (Lipinski definition) is 1. The summed E-state index contributed by atoms with van der Waals surface area (Å²) in [6.45, 7) is 13.2. The molecule has 0 aromatic rings. The lowest BCUT2D eigenvalue weighted by Gasteiger charge is -2.48. The van der Waals surface area contributed by atoms with Crippen LogP contribution in [-0.4, -0.2) is 12.6 Å². The monoisotopic (exact) mass is 239 g/mol. The van der Waals surface area contributed by atoms with E-state index in [2.05, 4.69) is 39.9 Å². The fourth-order valence-electron chi connectivity index (χ4n) is 3.63. The maximum absolute atomic E-state index is 3.75. The summed E-state index contributed by atoms with van der Waals surface area (Å²) in [5, 5.41) is 3.75. The van der Waals surface area contributed by atoms with E-state index in [4.69, 9.17) is 0 Å². The summed E-state index contributed by atoms with van der Waals surface area (Å²) in [5.41, 5.74) is 0.468. The summed E-state index contributed by atoms with van der Waals surface area (Å²) in [5.74, 6) is 1.69. The summed E-state index contributed by atoms with van der Waals surface area (Å²) in [7, 11) is 0. The third kappa shape index (κ3) is 3.47. The van der Waals surface area contributed by atoms with Crippen LogP contribution in [0.25, 0.3) is 0 Å². The van der Waals surface area contributed by atoms with Crippen molar-refractivity contribution in [2.75, 3.05) is 6.54 Å². The Morgan fingerprint density at radius 2 is 1.71 bits per heavy atom. The molecule has 1 aliphatic carbocycles. The van der Waals surface area contributed by atoms with Gasteiger partial charge in [-0.25, -0.2) is 0 Å². The summed E-state index contributed by atoms with van der Waals surface area (Å²) in [6.07, 6.45) is 8.51. The molecule has 102 valence electrons. The fraction of sp³-hybridized carbons (Fsp3) is 1.00. The van der Waals surface area contributed by atoms with Crippen molar-refractivity contribution in [3.05, 3.63) is 0 Å². The van der Waals surface area contributed by atoms with Crippen molar-refractivity contribution in [2.24, 2.45) is 17.3 Å². The van der Waals surface area contributed by atoms with Crippen molar-refractivity contribution < 1.29 is 0 Å². The van der Waals surface area contributed by atoms with Crippen LogP contribution in [0.1, 0.15) is 73.1 Å². The second-order valence-corrected chi connectivity index (χ2v) is 6.53. The number of rotatable bonds is 6. The molecule has 0 amide bonds. The third-order valence-corrected chi connectivity index (χ3v) is 5.36. The molecular formula is C16H33N. The highest BCUT2D eigenvalue weighted by Gasteiger charge is 2.41. The lowest BCUT2D eigenvalue weighted by atomic mass is 9.60. The molecule has 0 spiro atoms. The molecular weight excluding hydrogens is 206 g/mol. The summed E-state index contributed by atoms with van der Waals surface area (Å²) in [6, 6.07) is 0.644. The number of hydrogen-bond acceptors (Lipinski definition) is 1. The first-order valence-electron chi connectivity index (χ1n) is 7.76. The second kappa shape index (κ2) is 6.78. The molecule has 1 N–H and O–H groups in total. The smallest absolute Gasteiger partial charge is 0.00976 e. The van der Waals surface area contributed by atoms with Gasteiger partial charge in [0.1, 0.15) is 0 Å². The standard InChI is InChI=1S/C16H33N/c1-6-12-17-14(4)16(5,13(2)3)15-10-8-7-9-11-15/h13-15,17H,6-12H2,1-5H3. The van der Waals surface area contributed by atoms with Crippen molar-refractivity contribution in [3.8, 4) is 0 Å². The van der Waals surface area contributed by atoms with E-state index >= 15 is 0 Å². The molecule has 0 saturated heterocycles. The zero-order valence-corrected chi connectivity index (χ0v) is 12.7. The Balaban J connectivity index is 2.72. The maximum atomic E-state index is 3.75. The molecule has 0 bridgehead atoms. The van der Waals surface area contributed by atoms with E-state index < -0.39 is 0 Å². The Kier molecular flexibility index (Phi) is 5.99. The van der Waals surface area contributed by atoms with Gasteiger partial charge in [-0.3, -0.25) is 0 Å². The zero-order chi connectivity index (χ0) is 12.9. The average Bonchev–Trinajstić information content (AvgIpc) is 2.35. The molecule has 2 atom stereocenters. The van der Waals surface area contributed by atoms with Gasteiger partial charge in [0.05, 0.1) is 0 Å². The highest BCUT2D eigenvalue weighted by atomic mass is 14.9. The fourth-order valence-corrected chi connectivity index (χ4v) is 3.63. The molecule has 1 rings (SSSR count). The van der Waals surface area contributed by atoms with Crippen LogP contribution in [0.2, 0.25) is 0 Å². The van der Waals surface area contributed by atoms with Crippen LogP contribution in [0.15, 0.2) is 0 Å². The van der Waals surface area contributed by atoms with E-state index in [1.54, 1.807) is 0 Å². The summed E-state index contributed by atoms with van der Waals surface area (Å²) < 4.78 is 0. The van der Waals surface area contributed by atoms with Crippen molar-refractivity contribution in [3.63, 3.8) is 0 Å². The summed E-state index contributed by atoms with van der Waals surface area (Å²) in [4.78, 5) is 0. The van der Waals surface area contributed by atoms with Crippen molar-refractivity contribution in [2.45, 2.75) is 79.2 Å². The predicted molar refractivity (Wildman–Crippen MR) is 77.3 cm³/mol. The molecule has 2 unspecified atom stereocenters. The van der Waals surface area contributed by atoms with Crippen LogP contribution in [0.3, 0.4) is 0 Å². The van der Waals surface area contributed by atoms with E-state index in [-0.39, 0.29) is 0 Å². The summed E-state index contributed by atoms with van der Waals surface area (Å²) >= 11 is 0. The first-order valence-corrected chi connectivity index (χ1v) is 7.76. The Morgan fingerprint density at radius 1 is 1.12 bits per heavy atom. The maximum Gasteiger partial charge on any atom is 0.00976 e. The van der Waals surface area contributed by atoms with E-state index in [1.807, 2.05) is 0 Å². The van der Waals surface area contributed by atoms with Crippen molar-refractivity contribution >= 4 is 0 Å². The van der Waals surface area contributed by atoms with Crippen LogP contribution in [0, 0.1) is 17.3 Å². The van der Waals surface area contributed by atoms with Crippen LogP contribution in [-0.2, 0) is 0 Å².